The number of esters is 1. The number of ether oxygens (including phenoxy) is 1. The molecule has 25 heavy (non-hydrogen) atoms. The van der Waals surface area contributed by atoms with Crippen molar-refractivity contribution in [3.05, 3.63) is 34.2 Å². The summed E-state index contributed by atoms with van der Waals surface area (Å²) in [6.45, 7) is 3.19. The normalized spacial score (nSPS) is 20.0. The maximum Gasteiger partial charge on any atom is 0.344 e. The predicted octanol–water partition coefficient (Wildman–Crippen LogP) is 0.346. The van der Waals surface area contributed by atoms with Crippen LogP contribution in [-0.4, -0.2) is 60.4 Å². The SMILES string of the molecule is CC[C@H](C)N(C(=O)COC(=O)c1ccc[nH]c1=O)[C@@H]1CCS(=O)(=O)C1. The highest BCUT2D eigenvalue weighted by Crippen LogP contribution is 2.21. The monoisotopic (exact) mass is 370 g/mol. The summed E-state index contributed by atoms with van der Waals surface area (Å²) < 4.78 is 28.4. The van der Waals surface area contributed by atoms with Crippen molar-refractivity contribution in [2.75, 3.05) is 18.1 Å². The van der Waals surface area contributed by atoms with Gasteiger partial charge in [0.05, 0.1) is 11.5 Å². The van der Waals surface area contributed by atoms with E-state index < -0.39 is 39.9 Å². The Hall–Kier alpha value is -2.16. The average molecular weight is 370 g/mol. The molecule has 138 valence electrons. The molecular weight excluding hydrogens is 348 g/mol. The van der Waals surface area contributed by atoms with Crippen molar-refractivity contribution in [2.45, 2.75) is 38.8 Å². The van der Waals surface area contributed by atoms with E-state index in [2.05, 4.69) is 4.98 Å². The molecule has 1 aliphatic heterocycles. The van der Waals surface area contributed by atoms with Crippen LogP contribution < -0.4 is 5.56 Å². The first-order chi connectivity index (χ1) is 11.7. The molecule has 1 aromatic heterocycles. The number of H-pyrrole nitrogens is 1. The summed E-state index contributed by atoms with van der Waals surface area (Å²) in [6, 6.07) is 2.20. The van der Waals surface area contributed by atoms with E-state index in [1.54, 1.807) is 0 Å². The number of nitrogens with one attached hydrogen (secondary N) is 1. The maximum absolute atomic E-state index is 12.5. The summed E-state index contributed by atoms with van der Waals surface area (Å²) in [4.78, 5) is 39.9. The third-order valence-corrected chi connectivity index (χ3v) is 6.07. The first kappa shape index (κ1) is 19.2. The second kappa shape index (κ2) is 7.81. The molecular formula is C16H22N2O6S. The van der Waals surface area contributed by atoms with Crippen molar-refractivity contribution in [3.8, 4) is 0 Å². The largest absolute Gasteiger partial charge is 0.452 e. The number of rotatable bonds is 6. The van der Waals surface area contributed by atoms with Gasteiger partial charge in [0.1, 0.15) is 5.56 Å². The lowest BCUT2D eigenvalue weighted by Gasteiger charge is -2.33. The zero-order valence-electron chi connectivity index (χ0n) is 14.2. The number of amides is 1. The topological polar surface area (TPSA) is 114 Å². The van der Waals surface area contributed by atoms with Crippen LogP contribution >= 0.6 is 0 Å². The minimum Gasteiger partial charge on any atom is -0.452 e. The first-order valence-corrected chi connectivity index (χ1v) is 9.93. The van der Waals surface area contributed by atoms with Gasteiger partial charge in [-0.25, -0.2) is 13.2 Å². The number of carbonyl (C=O) groups excluding carboxylic acids is 2. The standard InChI is InChI=1S/C16H22N2O6S/c1-3-11(2)18(12-6-8-25(22,23)10-12)14(19)9-24-16(21)13-5-4-7-17-15(13)20/h4-5,7,11-12H,3,6,8-10H2,1-2H3,(H,17,20)/t11-,12+/m0/s1. The van der Waals surface area contributed by atoms with Crippen LogP contribution in [0.25, 0.3) is 0 Å². The molecule has 0 saturated carbocycles. The summed E-state index contributed by atoms with van der Waals surface area (Å²) in [5, 5.41) is 0. The second-order valence-corrected chi connectivity index (χ2v) is 8.33. The van der Waals surface area contributed by atoms with E-state index in [1.165, 1.54) is 23.2 Å². The summed E-state index contributed by atoms with van der Waals surface area (Å²) >= 11 is 0. The van der Waals surface area contributed by atoms with Gasteiger partial charge in [-0.15, -0.1) is 0 Å². The van der Waals surface area contributed by atoms with Crippen molar-refractivity contribution >= 4 is 21.7 Å². The number of aromatic nitrogens is 1. The molecule has 2 atom stereocenters. The molecule has 1 aliphatic rings. The molecule has 0 spiro atoms. The number of sulfone groups is 1. The van der Waals surface area contributed by atoms with Gasteiger partial charge in [-0.3, -0.25) is 9.59 Å². The molecule has 2 heterocycles. The fourth-order valence-electron chi connectivity index (χ4n) is 2.86. The van der Waals surface area contributed by atoms with Gasteiger partial charge in [0.15, 0.2) is 16.4 Å². The number of nitrogens with zero attached hydrogens (tertiary/aromatic N) is 1. The molecule has 0 aliphatic carbocycles. The Balaban J connectivity index is 2.06. The van der Waals surface area contributed by atoms with Gasteiger partial charge in [-0.1, -0.05) is 6.92 Å². The fraction of sp³-hybridized carbons (Fsp3) is 0.562. The Labute approximate surface area is 146 Å². The number of carbonyl (C=O) groups is 2. The minimum absolute atomic E-state index is 0.0526. The van der Waals surface area contributed by atoms with Crippen LogP contribution in [-0.2, 0) is 19.4 Å². The van der Waals surface area contributed by atoms with E-state index in [4.69, 9.17) is 4.74 Å². The zero-order chi connectivity index (χ0) is 18.6. The molecule has 9 heteroatoms. The van der Waals surface area contributed by atoms with Gasteiger partial charge in [0.2, 0.25) is 0 Å². The Morgan fingerprint density at radius 3 is 2.72 bits per heavy atom. The zero-order valence-corrected chi connectivity index (χ0v) is 15.0. The van der Waals surface area contributed by atoms with Crippen molar-refractivity contribution in [3.63, 3.8) is 0 Å². The molecule has 2 rings (SSSR count). The molecule has 1 fully saturated rings. The molecule has 0 unspecified atom stereocenters. The van der Waals surface area contributed by atoms with Gasteiger partial charge in [0, 0.05) is 18.3 Å². The number of aromatic amines is 1. The molecule has 0 aromatic carbocycles. The molecule has 1 saturated heterocycles. The van der Waals surface area contributed by atoms with Crippen LogP contribution in [0.15, 0.2) is 23.1 Å². The second-order valence-electron chi connectivity index (χ2n) is 6.10. The van der Waals surface area contributed by atoms with Crippen molar-refractivity contribution in [1.29, 1.82) is 0 Å². The summed E-state index contributed by atoms with van der Waals surface area (Å²) in [6.07, 6.45) is 2.41. The first-order valence-electron chi connectivity index (χ1n) is 8.11. The highest BCUT2D eigenvalue weighted by atomic mass is 32.2. The van der Waals surface area contributed by atoms with Gasteiger partial charge in [-0.05, 0) is 31.9 Å². The molecule has 0 bridgehead atoms. The van der Waals surface area contributed by atoms with E-state index in [1.807, 2.05) is 13.8 Å². The number of hydrogen-bond acceptors (Lipinski definition) is 6. The minimum atomic E-state index is -3.14. The van der Waals surface area contributed by atoms with E-state index in [0.29, 0.717) is 12.8 Å². The third-order valence-electron chi connectivity index (χ3n) is 4.32. The van der Waals surface area contributed by atoms with Crippen LogP contribution in [0.4, 0.5) is 0 Å². The quantitative estimate of drug-likeness (QED) is 0.723. The van der Waals surface area contributed by atoms with Crippen LogP contribution in [0.1, 0.15) is 37.0 Å². The van der Waals surface area contributed by atoms with Crippen LogP contribution in [0, 0.1) is 0 Å². The number of hydrogen-bond donors (Lipinski definition) is 1. The van der Waals surface area contributed by atoms with Crippen molar-refractivity contribution in [2.24, 2.45) is 0 Å². The van der Waals surface area contributed by atoms with Gasteiger partial charge >= 0.3 is 5.97 Å². The van der Waals surface area contributed by atoms with Crippen molar-refractivity contribution < 1.29 is 22.7 Å². The molecule has 8 nitrogen and oxygen atoms in total. The highest BCUT2D eigenvalue weighted by molar-refractivity contribution is 7.91. The van der Waals surface area contributed by atoms with Crippen LogP contribution in [0.3, 0.4) is 0 Å². The van der Waals surface area contributed by atoms with E-state index in [-0.39, 0.29) is 23.1 Å². The molecule has 0 radical (unpaired) electrons. The van der Waals surface area contributed by atoms with E-state index in [9.17, 15) is 22.8 Å². The van der Waals surface area contributed by atoms with Crippen LogP contribution in [0.5, 0.6) is 0 Å². The Kier molecular flexibility index (Phi) is 5.99. The highest BCUT2D eigenvalue weighted by Gasteiger charge is 2.36. The van der Waals surface area contributed by atoms with Gasteiger partial charge in [0.25, 0.3) is 11.5 Å². The lowest BCUT2D eigenvalue weighted by Crippen LogP contribution is -2.48. The third kappa shape index (κ3) is 4.68. The lowest BCUT2D eigenvalue weighted by molar-refractivity contribution is -0.138. The fourth-order valence-corrected chi connectivity index (χ4v) is 4.57. The Morgan fingerprint density at radius 2 is 2.16 bits per heavy atom. The smallest absolute Gasteiger partial charge is 0.344 e. The molecule has 1 aromatic rings. The molecule has 1 N–H and O–H groups in total. The average Bonchev–Trinajstić information content (AvgIpc) is 2.92. The van der Waals surface area contributed by atoms with Gasteiger partial charge < -0.3 is 14.6 Å². The predicted molar refractivity (Wildman–Crippen MR) is 91.0 cm³/mol. The number of pyridine rings is 1. The summed E-state index contributed by atoms with van der Waals surface area (Å²) in [7, 11) is -3.14. The molecule has 1 amide bonds. The van der Waals surface area contributed by atoms with Crippen molar-refractivity contribution in [1.82, 2.24) is 9.88 Å². The lowest BCUT2D eigenvalue weighted by atomic mass is 10.1. The Bertz CT molecular complexity index is 801. The van der Waals surface area contributed by atoms with Gasteiger partial charge in [-0.2, -0.15) is 0 Å². The summed E-state index contributed by atoms with van der Waals surface area (Å²) in [5.74, 6) is -1.37. The summed E-state index contributed by atoms with van der Waals surface area (Å²) in [5.41, 5.74) is -0.783. The van der Waals surface area contributed by atoms with E-state index in [0.717, 1.165) is 0 Å². The van der Waals surface area contributed by atoms with Crippen LogP contribution in [0.2, 0.25) is 0 Å². The Morgan fingerprint density at radius 1 is 1.44 bits per heavy atom. The van der Waals surface area contributed by atoms with E-state index >= 15 is 0 Å². The maximum atomic E-state index is 12.5.